The van der Waals surface area contributed by atoms with Gasteiger partial charge < -0.3 is 24.3 Å². The van der Waals surface area contributed by atoms with Gasteiger partial charge in [0.15, 0.2) is 17.6 Å². The highest BCUT2D eigenvalue weighted by Crippen LogP contribution is 2.39. The van der Waals surface area contributed by atoms with Crippen LogP contribution in [0.1, 0.15) is 12.5 Å². The molecule has 0 spiro atoms. The molecule has 25 heavy (non-hydrogen) atoms. The molecule has 2 rings (SSSR count). The maximum absolute atomic E-state index is 12.3. The number of hydrogen-bond donors (Lipinski definition) is 1. The number of benzene rings is 2. The average Bonchev–Trinajstić information content (AvgIpc) is 2.65. The zero-order valence-electron chi connectivity index (χ0n) is 14.9. The van der Waals surface area contributed by atoms with Crippen molar-refractivity contribution in [3.8, 4) is 23.0 Å². The maximum atomic E-state index is 12.3. The summed E-state index contributed by atoms with van der Waals surface area (Å²) in [7, 11) is 4.64. The van der Waals surface area contributed by atoms with Crippen molar-refractivity contribution in [3.05, 3.63) is 48.0 Å². The first kappa shape index (κ1) is 18.4. The minimum Gasteiger partial charge on any atom is -0.493 e. The van der Waals surface area contributed by atoms with Gasteiger partial charge in [-0.1, -0.05) is 18.2 Å². The van der Waals surface area contributed by atoms with Crippen LogP contribution in [0.2, 0.25) is 0 Å². The van der Waals surface area contributed by atoms with Crippen LogP contribution < -0.4 is 24.3 Å². The molecule has 1 N–H and O–H groups in total. The topological polar surface area (TPSA) is 66.0 Å². The summed E-state index contributed by atoms with van der Waals surface area (Å²) in [5.41, 5.74) is 0.778. The quantitative estimate of drug-likeness (QED) is 0.797. The zero-order chi connectivity index (χ0) is 18.2. The van der Waals surface area contributed by atoms with Crippen molar-refractivity contribution in [2.45, 2.75) is 19.6 Å². The van der Waals surface area contributed by atoms with E-state index in [4.69, 9.17) is 18.9 Å². The predicted octanol–water partition coefficient (Wildman–Crippen LogP) is 2.80. The highest BCUT2D eigenvalue weighted by Gasteiger charge is 2.18. The van der Waals surface area contributed by atoms with E-state index in [1.54, 1.807) is 46.5 Å². The van der Waals surface area contributed by atoms with Gasteiger partial charge in [0.05, 0.1) is 21.3 Å². The van der Waals surface area contributed by atoms with Crippen LogP contribution in [-0.4, -0.2) is 33.3 Å². The molecule has 134 valence electrons. The van der Waals surface area contributed by atoms with E-state index in [9.17, 15) is 4.79 Å². The first-order valence-electron chi connectivity index (χ1n) is 7.88. The van der Waals surface area contributed by atoms with Crippen LogP contribution in [0.25, 0.3) is 0 Å². The van der Waals surface area contributed by atoms with E-state index in [-0.39, 0.29) is 12.5 Å². The molecule has 6 nitrogen and oxygen atoms in total. The molecule has 0 heterocycles. The van der Waals surface area contributed by atoms with E-state index < -0.39 is 6.10 Å². The van der Waals surface area contributed by atoms with Crippen LogP contribution in [0.4, 0.5) is 0 Å². The summed E-state index contributed by atoms with van der Waals surface area (Å²) in [5.74, 6) is 2.01. The number of ether oxygens (including phenoxy) is 4. The van der Waals surface area contributed by atoms with Crippen molar-refractivity contribution in [1.29, 1.82) is 0 Å². The fraction of sp³-hybridized carbons (Fsp3) is 0.316. The van der Waals surface area contributed by atoms with Gasteiger partial charge >= 0.3 is 0 Å². The van der Waals surface area contributed by atoms with Gasteiger partial charge in [0, 0.05) is 12.1 Å². The Hall–Kier alpha value is -2.89. The highest BCUT2D eigenvalue weighted by molar-refractivity contribution is 5.80. The van der Waals surface area contributed by atoms with Crippen molar-refractivity contribution >= 4 is 5.91 Å². The second-order valence-electron chi connectivity index (χ2n) is 5.28. The molecule has 0 aliphatic carbocycles. The lowest BCUT2D eigenvalue weighted by Crippen LogP contribution is -2.36. The van der Waals surface area contributed by atoms with Crippen LogP contribution in [-0.2, 0) is 11.3 Å². The van der Waals surface area contributed by atoms with Crippen molar-refractivity contribution in [1.82, 2.24) is 5.32 Å². The molecule has 0 saturated heterocycles. The molecule has 0 fully saturated rings. The first-order chi connectivity index (χ1) is 12.1. The average molecular weight is 345 g/mol. The Morgan fingerprint density at radius 1 is 0.960 bits per heavy atom. The molecule has 6 heteroatoms. The molecule has 1 atom stereocenters. The van der Waals surface area contributed by atoms with Crippen molar-refractivity contribution in [2.75, 3.05) is 21.3 Å². The Morgan fingerprint density at radius 2 is 1.64 bits per heavy atom. The summed E-state index contributed by atoms with van der Waals surface area (Å²) in [6.07, 6.45) is -0.617. The maximum Gasteiger partial charge on any atom is 0.261 e. The summed E-state index contributed by atoms with van der Waals surface area (Å²) in [4.78, 5) is 12.3. The van der Waals surface area contributed by atoms with Gasteiger partial charge in [0.25, 0.3) is 5.91 Å². The lowest BCUT2D eigenvalue weighted by atomic mass is 10.1. The van der Waals surface area contributed by atoms with E-state index >= 15 is 0 Å². The lowest BCUT2D eigenvalue weighted by Gasteiger charge is -2.18. The van der Waals surface area contributed by atoms with Crippen molar-refractivity contribution in [3.63, 3.8) is 0 Å². The smallest absolute Gasteiger partial charge is 0.261 e. The minimum absolute atomic E-state index is 0.222. The number of methoxy groups -OCH3 is 3. The normalized spacial score (nSPS) is 11.4. The third kappa shape index (κ3) is 4.56. The molecule has 0 radical (unpaired) electrons. The molecule has 0 saturated carbocycles. The Labute approximate surface area is 147 Å². The summed E-state index contributed by atoms with van der Waals surface area (Å²) in [6, 6.07) is 12.8. The minimum atomic E-state index is -0.617. The predicted molar refractivity (Wildman–Crippen MR) is 94.5 cm³/mol. The van der Waals surface area contributed by atoms with Gasteiger partial charge in [-0.15, -0.1) is 0 Å². The van der Waals surface area contributed by atoms with Gasteiger partial charge in [-0.2, -0.15) is 0 Å². The van der Waals surface area contributed by atoms with Gasteiger partial charge in [-0.3, -0.25) is 4.79 Å². The Bertz CT molecular complexity index is 702. The fourth-order valence-electron chi connectivity index (χ4n) is 2.39. The van der Waals surface area contributed by atoms with Gasteiger partial charge in [0.2, 0.25) is 5.75 Å². The van der Waals surface area contributed by atoms with Crippen LogP contribution in [0, 0.1) is 0 Å². The number of carbonyl (C=O) groups is 1. The molecule has 1 amide bonds. The van der Waals surface area contributed by atoms with Gasteiger partial charge in [-0.25, -0.2) is 0 Å². The molecule has 0 aliphatic rings. The molecule has 0 aliphatic heterocycles. The van der Waals surface area contributed by atoms with Gasteiger partial charge in [-0.05, 0) is 31.2 Å². The summed E-state index contributed by atoms with van der Waals surface area (Å²) < 4.78 is 21.6. The fourth-order valence-corrected chi connectivity index (χ4v) is 2.39. The molecule has 0 unspecified atom stereocenters. The second-order valence-corrected chi connectivity index (χ2v) is 5.28. The van der Waals surface area contributed by atoms with E-state index in [0.717, 1.165) is 5.56 Å². The second kappa shape index (κ2) is 8.82. The number of rotatable bonds is 8. The highest BCUT2D eigenvalue weighted by atomic mass is 16.5. The van der Waals surface area contributed by atoms with E-state index in [1.165, 1.54) is 0 Å². The molecular weight excluding hydrogens is 322 g/mol. The van der Waals surface area contributed by atoms with Crippen molar-refractivity contribution in [2.24, 2.45) is 0 Å². The van der Waals surface area contributed by atoms with E-state index in [0.29, 0.717) is 23.0 Å². The number of hydrogen-bond acceptors (Lipinski definition) is 5. The third-order valence-corrected chi connectivity index (χ3v) is 3.66. The molecule has 0 bridgehead atoms. The summed E-state index contributed by atoms with van der Waals surface area (Å²) in [5, 5.41) is 2.84. The van der Waals surface area contributed by atoms with E-state index in [2.05, 4.69) is 5.32 Å². The summed E-state index contributed by atoms with van der Waals surface area (Å²) in [6.45, 7) is 1.99. The first-order valence-corrected chi connectivity index (χ1v) is 7.88. The van der Waals surface area contributed by atoms with Gasteiger partial charge in [0.1, 0.15) is 5.75 Å². The van der Waals surface area contributed by atoms with Crippen LogP contribution >= 0.6 is 0 Å². The molecular formula is C19H23NO5. The SMILES string of the molecule is COc1ccc(CNC(=O)[C@H](C)Oc2ccccc2)c(OC)c1OC. The lowest BCUT2D eigenvalue weighted by molar-refractivity contribution is -0.127. The van der Waals surface area contributed by atoms with E-state index in [1.807, 2.05) is 24.3 Å². The molecule has 2 aromatic carbocycles. The standard InChI is InChI=1S/C19H23NO5/c1-13(25-15-8-6-5-7-9-15)19(21)20-12-14-10-11-16(22-2)18(24-4)17(14)23-3/h5-11,13H,12H2,1-4H3,(H,20,21)/t13-/m0/s1. The third-order valence-electron chi connectivity index (χ3n) is 3.66. The Balaban J connectivity index is 2.04. The molecule has 0 aromatic heterocycles. The Kier molecular flexibility index (Phi) is 6.51. The Morgan fingerprint density at radius 3 is 2.24 bits per heavy atom. The largest absolute Gasteiger partial charge is 0.493 e. The van der Waals surface area contributed by atoms with Crippen LogP contribution in [0.3, 0.4) is 0 Å². The molecule has 2 aromatic rings. The number of amides is 1. The van der Waals surface area contributed by atoms with Crippen LogP contribution in [0.15, 0.2) is 42.5 Å². The monoisotopic (exact) mass is 345 g/mol. The number of para-hydroxylation sites is 1. The summed E-state index contributed by atoms with van der Waals surface area (Å²) >= 11 is 0. The number of carbonyl (C=O) groups excluding carboxylic acids is 1. The zero-order valence-corrected chi connectivity index (χ0v) is 14.9. The number of nitrogens with one attached hydrogen (secondary N) is 1. The van der Waals surface area contributed by atoms with Crippen LogP contribution in [0.5, 0.6) is 23.0 Å². The van der Waals surface area contributed by atoms with Crippen molar-refractivity contribution < 1.29 is 23.7 Å².